The van der Waals surface area contributed by atoms with Gasteiger partial charge in [0, 0.05) is 44.4 Å². The molecule has 6 bridgehead atoms. The van der Waals surface area contributed by atoms with Gasteiger partial charge < -0.3 is 29.5 Å². The molecule has 0 aromatic carbocycles. The number of hydrogen-bond acceptors (Lipinski definition) is 2. The second-order valence-electron chi connectivity index (χ2n) is 44.1. The summed E-state index contributed by atoms with van der Waals surface area (Å²) in [4.78, 5) is 13.8. The molecule has 10 heteroatoms. The van der Waals surface area contributed by atoms with Gasteiger partial charge in [0.1, 0.15) is 0 Å². The van der Waals surface area contributed by atoms with Gasteiger partial charge in [-0.1, -0.05) is 259 Å². The largest absolute Gasteiger partial charge is 0.558 e. The molecular formula is C119H221AlN9+5. The molecule has 6 heterocycles. The molecule has 4 aliphatic heterocycles. The van der Waals surface area contributed by atoms with Gasteiger partial charge >= 0.3 is 15.7 Å². The maximum Gasteiger partial charge on any atom is 0.558 e. The van der Waals surface area contributed by atoms with Gasteiger partial charge in [0.2, 0.25) is 0 Å². The zero-order chi connectivity index (χ0) is 94.4. The Labute approximate surface area is 810 Å². The van der Waals surface area contributed by atoms with Crippen LogP contribution in [0.1, 0.15) is 501 Å². The van der Waals surface area contributed by atoms with Crippen LogP contribution in [0.4, 0.5) is 0 Å². The van der Waals surface area contributed by atoms with Crippen LogP contribution < -0.4 is 10.7 Å². The lowest BCUT2D eigenvalue weighted by atomic mass is 9.82. The Bertz CT molecular complexity index is 3660. The fraction of sp³-hybridized carbons (Fsp3) is 0.832. The first kappa shape index (κ1) is 115. The maximum absolute atomic E-state index is 6.92. The predicted octanol–water partition coefficient (Wildman–Crippen LogP) is 31.5. The first-order valence-electron chi connectivity index (χ1n) is 57.9. The Hall–Kier alpha value is -3.07. The van der Waals surface area contributed by atoms with E-state index in [-0.39, 0.29) is 0 Å². The predicted molar refractivity (Wildman–Crippen MR) is 578 cm³/mol. The van der Waals surface area contributed by atoms with Crippen molar-refractivity contribution >= 4 is 49.4 Å². The minimum atomic E-state index is -1.55. The molecule has 1 unspecified atom stereocenters. The van der Waals surface area contributed by atoms with Crippen LogP contribution in [0.3, 0.4) is 0 Å². The van der Waals surface area contributed by atoms with Crippen molar-refractivity contribution in [3.05, 3.63) is 78.0 Å². The Morgan fingerprint density at radius 2 is 0.372 bits per heavy atom. The van der Waals surface area contributed by atoms with Crippen molar-refractivity contribution in [3.63, 3.8) is 0 Å². The second kappa shape index (κ2) is 61.3. The fourth-order valence-electron chi connectivity index (χ4n) is 25.1. The molecule has 0 radical (unpaired) electrons. The van der Waals surface area contributed by atoms with Crippen molar-refractivity contribution in [2.75, 3.05) is 131 Å². The van der Waals surface area contributed by atoms with Gasteiger partial charge in [0.15, 0.2) is 0 Å². The van der Waals surface area contributed by atoms with Crippen molar-refractivity contribution in [2.45, 2.75) is 495 Å². The Morgan fingerprint density at radius 3 is 0.558 bits per heavy atom. The first-order valence-corrected chi connectivity index (χ1v) is 59.2. The Kier molecular flexibility index (Phi) is 54.5. The standard InChI is InChI=1S/C119H220N9.Al.H/c1-27-45-68-104(69-46-28-2)108-112-96(19)100(23)116(120-112)110(106(72-64-92-125(79-51-33-7,80-52-34-8)81-53-35-9)73-65-93-126(82-54-36-10,83-55-37-11)84-56-38-12)118-102(25)98(21)114(122-118)109(105(70-47-29-3)71-63-91-124(76-48-30-4,77-49-31-5)78-50-32-6)115-99(22)103(26)119(123-115)111(117-101(24)97(20)113(108)121-117)107(74-66-94-127(85-57-39-13,86-58-40-14)87-59-41-15)75-67-95-128(88-60-42-16,89-61-43-17)90-62-44-18;;/h104-107H,27-95H2,1-26H3;;/q+3;+2;. The molecule has 2 aromatic rings. The molecule has 129 heavy (non-hydrogen) atoms. The number of fused-ring (bicyclic) bond motifs is 2. The van der Waals surface area contributed by atoms with Crippen LogP contribution in [-0.4, -0.2) is 187 Å². The lowest BCUT2D eigenvalue weighted by Gasteiger charge is -2.40. The van der Waals surface area contributed by atoms with Crippen molar-refractivity contribution < 1.29 is 22.4 Å². The number of nitrogens with zero attached hydrogens (tertiary/aromatic N) is 9. The highest BCUT2D eigenvalue weighted by atomic mass is 27.1. The van der Waals surface area contributed by atoms with E-state index in [1.54, 1.807) is 66.6 Å². The highest BCUT2D eigenvalue weighted by molar-refractivity contribution is 6.37. The topological polar surface area (TPSA) is 34.6 Å². The van der Waals surface area contributed by atoms with Crippen LogP contribution in [-0.2, 0) is 0 Å². The summed E-state index contributed by atoms with van der Waals surface area (Å²) < 4.78 is 13.2. The van der Waals surface area contributed by atoms with Gasteiger partial charge in [-0.25, -0.2) is 9.98 Å². The number of quaternary nitrogens is 5. The number of unbranched alkanes of at least 4 members (excludes halogenated alkanes) is 18. The maximum atomic E-state index is 6.92. The van der Waals surface area contributed by atoms with E-state index in [9.17, 15) is 0 Å². The third-order valence-corrected chi connectivity index (χ3v) is 35.8. The van der Waals surface area contributed by atoms with E-state index in [4.69, 9.17) is 9.98 Å². The smallest absolute Gasteiger partial charge is 0.417 e. The van der Waals surface area contributed by atoms with Crippen LogP contribution in [0.25, 0.3) is 22.3 Å². The monoisotopic (exact) mass is 1800 g/mol. The van der Waals surface area contributed by atoms with Gasteiger partial charge in [-0.3, -0.25) is 0 Å². The van der Waals surface area contributed by atoms with Gasteiger partial charge in [0.25, 0.3) is 0 Å². The molecule has 740 valence electrons. The molecule has 0 saturated carbocycles. The van der Waals surface area contributed by atoms with E-state index in [0.717, 1.165) is 0 Å². The molecule has 9 nitrogen and oxygen atoms in total. The third-order valence-electron chi connectivity index (χ3n) is 34.0. The van der Waals surface area contributed by atoms with Crippen LogP contribution in [0.2, 0.25) is 0 Å². The normalized spacial score (nSPS) is 15.0. The molecular weight excluding hydrogens is 1580 g/mol. The van der Waals surface area contributed by atoms with E-state index in [1.807, 2.05) is 0 Å². The lowest BCUT2D eigenvalue weighted by Crippen LogP contribution is -2.51. The van der Waals surface area contributed by atoms with Gasteiger partial charge in [-0.05, 0) is 303 Å². The summed E-state index contributed by atoms with van der Waals surface area (Å²) in [6.07, 6.45) is 62.7. The van der Waals surface area contributed by atoms with E-state index < -0.39 is 15.7 Å². The summed E-state index contributed by atoms with van der Waals surface area (Å²) in [6.45, 7) is 92.3. The van der Waals surface area contributed by atoms with Crippen molar-refractivity contribution in [2.24, 2.45) is 33.7 Å². The van der Waals surface area contributed by atoms with Crippen molar-refractivity contribution in [3.8, 4) is 0 Å². The summed E-state index contributed by atoms with van der Waals surface area (Å²) >= 11 is -1.55. The fourth-order valence-corrected chi connectivity index (χ4v) is 27.6. The summed E-state index contributed by atoms with van der Waals surface area (Å²) in [5.74, 6) is 1.46. The molecule has 1 atom stereocenters. The quantitative estimate of drug-likeness (QED) is 0.0467. The second-order valence-corrected chi connectivity index (χ2v) is 45.6. The number of aromatic nitrogens is 2. The average molecular weight is 1810 g/mol. The van der Waals surface area contributed by atoms with Crippen LogP contribution in [0, 0.1) is 51.4 Å². The Morgan fingerprint density at radius 1 is 0.202 bits per heavy atom. The molecule has 4 aliphatic rings. The number of hydrogen-bond donors (Lipinski definition) is 0. The highest BCUT2D eigenvalue weighted by Gasteiger charge is 2.43. The van der Waals surface area contributed by atoms with E-state index >= 15 is 0 Å². The van der Waals surface area contributed by atoms with Gasteiger partial charge in [-0.15, -0.1) is 0 Å². The highest BCUT2D eigenvalue weighted by Crippen LogP contribution is 2.51. The zero-order valence-electron chi connectivity index (χ0n) is 91.8. The van der Waals surface area contributed by atoms with Crippen LogP contribution in [0.5, 0.6) is 0 Å². The number of rotatable bonds is 78. The molecule has 2 aromatic heterocycles. The molecule has 0 fully saturated rings. The van der Waals surface area contributed by atoms with Gasteiger partial charge in [0.05, 0.1) is 154 Å². The molecule has 6 rings (SSSR count). The van der Waals surface area contributed by atoms with E-state index in [2.05, 4.69) is 187 Å². The molecule has 0 aliphatic carbocycles. The average Bonchev–Trinajstić information content (AvgIpc) is 1.54. The van der Waals surface area contributed by atoms with E-state index in [0.29, 0.717) is 23.7 Å². The summed E-state index contributed by atoms with van der Waals surface area (Å²) in [6, 6.07) is 0. The van der Waals surface area contributed by atoms with Gasteiger partial charge in [-0.2, -0.15) is 0 Å². The van der Waals surface area contributed by atoms with Crippen molar-refractivity contribution in [1.29, 1.82) is 0 Å². The lowest BCUT2D eigenvalue weighted by molar-refractivity contribution is -0.929. The molecule has 0 saturated heterocycles. The summed E-state index contributed by atoms with van der Waals surface area (Å²) in [5.41, 5.74) is 27.5. The summed E-state index contributed by atoms with van der Waals surface area (Å²) in [5, 5.41) is 3.19. The van der Waals surface area contributed by atoms with Crippen LogP contribution in [0.15, 0.2) is 43.7 Å². The zero-order valence-corrected chi connectivity index (χ0v) is 93.2. The number of allylic oxidation sites excluding steroid dienone is 6. The third kappa shape index (κ3) is 32.0. The van der Waals surface area contributed by atoms with E-state index in [1.165, 1.54) is 513 Å². The first-order chi connectivity index (χ1) is 62.5. The van der Waals surface area contributed by atoms with Crippen LogP contribution >= 0.6 is 0 Å². The molecule has 0 N–H and O–H groups in total. The minimum absolute atomic E-state index is 0.350. The number of aliphatic imine (C=N–C) groups is 2. The molecule has 0 amide bonds. The Balaban J connectivity index is 2.04. The molecule has 0 spiro atoms. The SMILES string of the molecule is CCCCC(CCC[N+](CCCC)(CCCC)CCCC)C1=C2N=C(C(C)=C2C)C(C(CCC[N+](CCCC)(CCCC)CCCC)CCC[N+](CCCC)(CCCC)CCCC)=c2c(C)c(C)c3[n]2[AlH][n]2c(c(C)c(C)c21)C(C(CCC[N+](CCCC)(CCCC)CCCC)CCC[N+](CCCC)(CCCC)CCCC)=C1N=C(C(C)=C1C)C=3C(CCCC)CCCC. The summed E-state index contributed by atoms with van der Waals surface area (Å²) in [7, 11) is 0. The minimum Gasteiger partial charge on any atom is -0.417 e. The van der Waals surface area contributed by atoms with Crippen molar-refractivity contribution in [1.82, 2.24) is 7.10 Å².